The molecule has 0 radical (unpaired) electrons. The van der Waals surface area contributed by atoms with Crippen LogP contribution in [0.15, 0.2) is 11.0 Å². The molecule has 0 atom stereocenters. The van der Waals surface area contributed by atoms with Gasteiger partial charge in [-0.3, -0.25) is 0 Å². The lowest BCUT2D eigenvalue weighted by molar-refractivity contribution is 0.369. The summed E-state index contributed by atoms with van der Waals surface area (Å²) in [5.74, 6) is 0.356. The lowest BCUT2D eigenvalue weighted by Crippen LogP contribution is -2.36. The Bertz CT molecular complexity index is 480. The monoisotopic (exact) mass is 295 g/mol. The average Bonchev–Trinajstić information content (AvgIpc) is 2.60. The van der Waals surface area contributed by atoms with Crippen LogP contribution in [0.3, 0.4) is 0 Å². The second-order valence-corrected chi connectivity index (χ2v) is 7.54. The van der Waals surface area contributed by atoms with Gasteiger partial charge in [-0.1, -0.05) is 6.92 Å². The third kappa shape index (κ3) is 3.02. The third-order valence-electron chi connectivity index (χ3n) is 2.53. The first-order chi connectivity index (χ1) is 7.84. The van der Waals surface area contributed by atoms with Crippen LogP contribution in [-0.2, 0) is 15.9 Å². The van der Waals surface area contributed by atoms with Crippen molar-refractivity contribution in [3.8, 4) is 0 Å². The van der Waals surface area contributed by atoms with Crippen LogP contribution in [0.2, 0.25) is 0 Å². The van der Waals surface area contributed by atoms with Crippen LogP contribution in [0.1, 0.15) is 30.5 Å². The Morgan fingerprint density at radius 2 is 2.06 bits per heavy atom. The summed E-state index contributed by atoms with van der Waals surface area (Å²) in [4.78, 5) is 2.09. The van der Waals surface area contributed by atoms with Crippen molar-refractivity contribution in [3.63, 3.8) is 0 Å². The van der Waals surface area contributed by atoms with Crippen LogP contribution in [-0.4, -0.2) is 25.3 Å². The second kappa shape index (κ2) is 5.69. The fourth-order valence-corrected chi connectivity index (χ4v) is 5.13. The fourth-order valence-electron chi connectivity index (χ4n) is 1.79. The van der Waals surface area contributed by atoms with Crippen LogP contribution in [0, 0.1) is 6.92 Å². The van der Waals surface area contributed by atoms with Gasteiger partial charge in [0.15, 0.2) is 0 Å². The number of nitrogens with zero attached hydrogens (tertiary/aromatic N) is 1. The highest BCUT2D eigenvalue weighted by molar-refractivity contribution is 7.89. The van der Waals surface area contributed by atoms with Gasteiger partial charge in [-0.15, -0.1) is 22.9 Å². The molecular weight excluding hydrogens is 278 g/mol. The van der Waals surface area contributed by atoms with Crippen molar-refractivity contribution in [2.45, 2.75) is 44.5 Å². The van der Waals surface area contributed by atoms with E-state index >= 15 is 0 Å². The van der Waals surface area contributed by atoms with Gasteiger partial charge in [0, 0.05) is 22.3 Å². The normalized spacial score (nSPS) is 12.6. The molecule has 0 spiro atoms. The molecule has 1 rings (SSSR count). The van der Waals surface area contributed by atoms with E-state index in [1.165, 1.54) is 15.6 Å². The zero-order chi connectivity index (χ0) is 13.2. The van der Waals surface area contributed by atoms with Crippen molar-refractivity contribution in [1.82, 2.24) is 4.31 Å². The van der Waals surface area contributed by atoms with Gasteiger partial charge in [-0.2, -0.15) is 4.31 Å². The summed E-state index contributed by atoms with van der Waals surface area (Å²) in [5.41, 5.74) is 0. The number of halogens is 1. The molecule has 0 saturated heterocycles. The molecule has 0 aliphatic rings. The van der Waals surface area contributed by atoms with Gasteiger partial charge in [-0.05, 0) is 26.8 Å². The molecule has 1 aromatic heterocycles. The van der Waals surface area contributed by atoms with Crippen LogP contribution in [0.5, 0.6) is 0 Å². The average molecular weight is 296 g/mol. The minimum absolute atomic E-state index is 0.0382. The van der Waals surface area contributed by atoms with Gasteiger partial charge in [0.2, 0.25) is 10.0 Å². The predicted octanol–water partition coefficient (Wildman–Crippen LogP) is 3.21. The van der Waals surface area contributed by atoms with E-state index in [1.54, 1.807) is 6.07 Å². The summed E-state index contributed by atoms with van der Waals surface area (Å²) in [6.07, 6.45) is 0. The number of thiophene rings is 1. The Balaban J connectivity index is 3.24. The maximum absolute atomic E-state index is 12.4. The maximum atomic E-state index is 12.4. The largest absolute Gasteiger partial charge is 0.244 e. The van der Waals surface area contributed by atoms with E-state index in [0.29, 0.717) is 17.3 Å². The molecule has 0 unspecified atom stereocenters. The molecule has 0 amide bonds. The van der Waals surface area contributed by atoms with Crippen LogP contribution < -0.4 is 0 Å². The smallest absolute Gasteiger partial charge is 0.207 e. The topological polar surface area (TPSA) is 37.4 Å². The Kier molecular flexibility index (Phi) is 5.01. The van der Waals surface area contributed by atoms with Crippen molar-refractivity contribution in [1.29, 1.82) is 0 Å². The fraction of sp³-hybridized carbons (Fsp3) is 0.636. The summed E-state index contributed by atoms with van der Waals surface area (Å²) in [6, 6.07) is 1.65. The van der Waals surface area contributed by atoms with Gasteiger partial charge < -0.3 is 0 Å². The first-order valence-electron chi connectivity index (χ1n) is 5.51. The Labute approximate surface area is 112 Å². The van der Waals surface area contributed by atoms with Crippen LogP contribution in [0.25, 0.3) is 0 Å². The number of hydrogen-bond acceptors (Lipinski definition) is 3. The quantitative estimate of drug-likeness (QED) is 0.782. The van der Waals surface area contributed by atoms with E-state index in [4.69, 9.17) is 11.6 Å². The van der Waals surface area contributed by atoms with Gasteiger partial charge in [0.1, 0.15) is 0 Å². The number of rotatable bonds is 5. The molecule has 1 heterocycles. The number of aryl methyl sites for hydroxylation is 1. The molecule has 0 saturated carbocycles. The number of hydrogen-bond donors (Lipinski definition) is 0. The highest BCUT2D eigenvalue weighted by Crippen LogP contribution is 2.29. The molecule has 0 aliphatic heterocycles. The highest BCUT2D eigenvalue weighted by Gasteiger charge is 2.28. The van der Waals surface area contributed by atoms with E-state index in [-0.39, 0.29) is 6.04 Å². The molecule has 98 valence electrons. The van der Waals surface area contributed by atoms with Gasteiger partial charge in [0.25, 0.3) is 0 Å². The molecule has 3 nitrogen and oxygen atoms in total. The first-order valence-corrected chi connectivity index (χ1v) is 8.30. The van der Waals surface area contributed by atoms with Gasteiger partial charge in [0.05, 0.1) is 10.8 Å². The van der Waals surface area contributed by atoms with Crippen molar-refractivity contribution in [2.24, 2.45) is 0 Å². The predicted molar refractivity (Wildman–Crippen MR) is 73.3 cm³/mol. The molecule has 17 heavy (non-hydrogen) atoms. The summed E-state index contributed by atoms with van der Waals surface area (Å²) < 4.78 is 26.4. The van der Waals surface area contributed by atoms with Crippen LogP contribution in [0.4, 0.5) is 0 Å². The van der Waals surface area contributed by atoms with Crippen molar-refractivity contribution >= 4 is 33.0 Å². The van der Waals surface area contributed by atoms with Crippen molar-refractivity contribution in [3.05, 3.63) is 15.8 Å². The summed E-state index contributed by atoms with van der Waals surface area (Å²) in [7, 11) is -3.39. The minimum Gasteiger partial charge on any atom is -0.207 e. The maximum Gasteiger partial charge on any atom is 0.244 e. The second-order valence-electron chi connectivity index (χ2n) is 4.07. The zero-order valence-corrected chi connectivity index (χ0v) is 12.9. The summed E-state index contributed by atoms with van der Waals surface area (Å²) >= 11 is 7.18. The number of alkyl halides is 1. The van der Waals surface area contributed by atoms with Gasteiger partial charge in [-0.25, -0.2) is 8.42 Å². The molecule has 0 N–H and O–H groups in total. The lowest BCUT2D eigenvalue weighted by Gasteiger charge is -2.24. The Morgan fingerprint density at radius 1 is 1.47 bits per heavy atom. The zero-order valence-electron chi connectivity index (χ0n) is 10.5. The molecule has 0 aromatic carbocycles. The minimum atomic E-state index is -3.39. The van der Waals surface area contributed by atoms with Crippen molar-refractivity contribution in [2.75, 3.05) is 6.54 Å². The van der Waals surface area contributed by atoms with E-state index in [2.05, 4.69) is 0 Å². The van der Waals surface area contributed by atoms with Gasteiger partial charge >= 0.3 is 0 Å². The summed E-state index contributed by atoms with van der Waals surface area (Å²) in [5, 5.41) is 0. The third-order valence-corrected chi connectivity index (χ3v) is 6.43. The van der Waals surface area contributed by atoms with Crippen LogP contribution >= 0.6 is 22.9 Å². The highest BCUT2D eigenvalue weighted by atomic mass is 35.5. The molecule has 0 bridgehead atoms. The Hall–Kier alpha value is -0.100. The van der Waals surface area contributed by atoms with Crippen molar-refractivity contribution < 1.29 is 8.42 Å². The van der Waals surface area contributed by atoms with E-state index in [0.717, 1.165) is 9.75 Å². The van der Waals surface area contributed by atoms with E-state index in [1.807, 2.05) is 27.7 Å². The first kappa shape index (κ1) is 15.0. The molecular formula is C11H18ClNO2S2. The number of sulfonamides is 1. The molecule has 1 aromatic rings. The Morgan fingerprint density at radius 3 is 2.41 bits per heavy atom. The SMILES string of the molecule is CCN(C(C)C)S(=O)(=O)c1cc(CCl)sc1C. The molecule has 6 heteroatoms. The summed E-state index contributed by atoms with van der Waals surface area (Å²) in [6.45, 7) is 7.91. The molecule has 0 fully saturated rings. The molecule has 0 aliphatic carbocycles. The standard InChI is InChI=1S/C11H18ClNO2S2/c1-5-13(8(2)3)17(14,15)11-6-10(7-12)16-9(11)4/h6,8H,5,7H2,1-4H3. The van der Waals surface area contributed by atoms with E-state index in [9.17, 15) is 8.42 Å². The lowest BCUT2D eigenvalue weighted by atomic mass is 10.4. The van der Waals surface area contributed by atoms with E-state index < -0.39 is 10.0 Å².